The Kier molecular flexibility index (Phi) is 4.39. The van der Waals surface area contributed by atoms with E-state index >= 15 is 0 Å². The number of nitrogens with zero attached hydrogens (tertiary/aromatic N) is 1. The number of hydrogen-bond acceptors (Lipinski definition) is 2. The summed E-state index contributed by atoms with van der Waals surface area (Å²) in [6.45, 7) is 4.46. The molecule has 4 nitrogen and oxygen atoms in total. The molecule has 0 aromatic heterocycles. The van der Waals surface area contributed by atoms with Crippen molar-refractivity contribution in [2.24, 2.45) is 5.92 Å². The molecular formula is C14H14ClFN2O2. The van der Waals surface area contributed by atoms with Gasteiger partial charge in [-0.25, -0.2) is 4.39 Å². The molecule has 0 radical (unpaired) electrons. The van der Waals surface area contributed by atoms with Crippen LogP contribution in [0.4, 0.5) is 10.1 Å². The minimum Gasteiger partial charge on any atom is -0.338 e. The summed E-state index contributed by atoms with van der Waals surface area (Å²) in [6.07, 6.45) is 1.50. The second-order valence-electron chi connectivity index (χ2n) is 4.69. The molecule has 1 fully saturated rings. The van der Waals surface area contributed by atoms with Gasteiger partial charge in [0.05, 0.1) is 5.69 Å². The van der Waals surface area contributed by atoms with Crippen molar-refractivity contribution in [3.63, 3.8) is 0 Å². The van der Waals surface area contributed by atoms with Gasteiger partial charge < -0.3 is 10.2 Å². The van der Waals surface area contributed by atoms with Crippen LogP contribution in [0.5, 0.6) is 0 Å². The highest BCUT2D eigenvalue weighted by Crippen LogP contribution is 2.22. The molecule has 1 aliphatic rings. The maximum atomic E-state index is 13.5. The predicted octanol–water partition coefficient (Wildman–Crippen LogP) is 2.45. The van der Waals surface area contributed by atoms with Crippen LogP contribution in [0.25, 0.3) is 0 Å². The third-order valence-corrected chi connectivity index (χ3v) is 3.36. The molecule has 0 bridgehead atoms. The number of amides is 2. The molecule has 0 aliphatic carbocycles. The number of carbonyl (C=O) groups excluding carboxylic acids is 2. The van der Waals surface area contributed by atoms with Gasteiger partial charge in [0.1, 0.15) is 5.82 Å². The summed E-state index contributed by atoms with van der Waals surface area (Å²) in [7, 11) is 0. The van der Waals surface area contributed by atoms with Crippen molar-refractivity contribution >= 4 is 29.1 Å². The van der Waals surface area contributed by atoms with Crippen LogP contribution < -0.4 is 5.32 Å². The zero-order chi connectivity index (χ0) is 14.7. The topological polar surface area (TPSA) is 49.4 Å². The number of anilines is 1. The first-order valence-corrected chi connectivity index (χ1v) is 6.53. The van der Waals surface area contributed by atoms with Crippen LogP contribution in [0.2, 0.25) is 5.02 Å². The van der Waals surface area contributed by atoms with Crippen molar-refractivity contribution in [1.82, 2.24) is 4.90 Å². The second-order valence-corrected chi connectivity index (χ2v) is 5.13. The van der Waals surface area contributed by atoms with E-state index in [9.17, 15) is 14.0 Å². The van der Waals surface area contributed by atoms with E-state index in [0.717, 1.165) is 6.07 Å². The summed E-state index contributed by atoms with van der Waals surface area (Å²) in [5.41, 5.74) is 0.109. The molecule has 1 aromatic rings. The quantitative estimate of drug-likeness (QED) is 0.868. The number of carbonyl (C=O) groups is 2. The Hall–Kier alpha value is -1.88. The normalized spacial score (nSPS) is 14.6. The Morgan fingerprint density at radius 1 is 1.50 bits per heavy atom. The molecule has 1 N–H and O–H groups in total. The van der Waals surface area contributed by atoms with E-state index in [-0.39, 0.29) is 34.9 Å². The lowest BCUT2D eigenvalue weighted by Crippen LogP contribution is -2.50. The van der Waals surface area contributed by atoms with Gasteiger partial charge in [0, 0.05) is 30.5 Å². The zero-order valence-electron chi connectivity index (χ0n) is 10.7. The van der Waals surface area contributed by atoms with E-state index in [0.29, 0.717) is 13.1 Å². The van der Waals surface area contributed by atoms with Gasteiger partial charge in [0.25, 0.3) is 0 Å². The lowest BCUT2D eigenvalue weighted by molar-refractivity contribution is -0.134. The molecule has 2 amide bonds. The van der Waals surface area contributed by atoms with Crippen LogP contribution in [0.1, 0.15) is 6.42 Å². The molecule has 1 saturated heterocycles. The molecule has 0 unspecified atom stereocenters. The van der Waals surface area contributed by atoms with E-state index in [4.69, 9.17) is 11.6 Å². The van der Waals surface area contributed by atoms with Crippen LogP contribution in [0.15, 0.2) is 30.9 Å². The van der Waals surface area contributed by atoms with E-state index in [1.54, 1.807) is 4.90 Å². The number of hydrogen-bond donors (Lipinski definition) is 1. The van der Waals surface area contributed by atoms with Gasteiger partial charge in [-0.15, -0.1) is 0 Å². The Morgan fingerprint density at radius 3 is 2.80 bits per heavy atom. The highest BCUT2D eigenvalue weighted by Gasteiger charge is 2.30. The summed E-state index contributed by atoms with van der Waals surface area (Å²) < 4.78 is 13.5. The summed E-state index contributed by atoms with van der Waals surface area (Å²) in [5.74, 6) is -0.871. The number of benzene rings is 1. The van der Waals surface area contributed by atoms with Crippen LogP contribution >= 0.6 is 11.6 Å². The first-order chi connectivity index (χ1) is 9.49. The van der Waals surface area contributed by atoms with Crippen LogP contribution in [-0.4, -0.2) is 29.8 Å². The summed E-state index contributed by atoms with van der Waals surface area (Å²) in [6, 6.07) is 4.07. The predicted molar refractivity (Wildman–Crippen MR) is 74.9 cm³/mol. The van der Waals surface area contributed by atoms with Crippen molar-refractivity contribution in [2.45, 2.75) is 6.42 Å². The Balaban J connectivity index is 1.82. The van der Waals surface area contributed by atoms with Gasteiger partial charge in [-0.2, -0.15) is 0 Å². The Bertz CT molecular complexity index is 556. The number of rotatable bonds is 4. The maximum absolute atomic E-state index is 13.5. The minimum atomic E-state index is -0.567. The van der Waals surface area contributed by atoms with Crippen molar-refractivity contribution in [1.29, 1.82) is 0 Å². The molecular weight excluding hydrogens is 283 g/mol. The lowest BCUT2D eigenvalue weighted by Gasteiger charge is -2.38. The molecule has 0 saturated carbocycles. The van der Waals surface area contributed by atoms with Gasteiger partial charge in [-0.3, -0.25) is 9.59 Å². The molecule has 1 aliphatic heterocycles. The molecule has 1 heterocycles. The minimum absolute atomic E-state index is 0.106. The van der Waals surface area contributed by atoms with Crippen molar-refractivity contribution in [3.05, 3.63) is 41.7 Å². The van der Waals surface area contributed by atoms with Crippen molar-refractivity contribution in [3.8, 4) is 0 Å². The maximum Gasteiger partial charge on any atom is 0.245 e. The lowest BCUT2D eigenvalue weighted by atomic mass is 9.96. The standard InChI is InChI=1S/C14H14ClFN2O2/c1-2-14(20)18-7-9(8-18)5-13(19)17-12-4-3-10(15)6-11(12)16/h2-4,6,9H,1,5,7-8H2,(H,17,19). The van der Waals surface area contributed by atoms with Crippen molar-refractivity contribution in [2.75, 3.05) is 18.4 Å². The van der Waals surface area contributed by atoms with E-state index in [1.807, 2.05) is 0 Å². The smallest absolute Gasteiger partial charge is 0.245 e. The molecule has 20 heavy (non-hydrogen) atoms. The van der Waals surface area contributed by atoms with Gasteiger partial charge in [0.15, 0.2) is 0 Å². The number of nitrogens with one attached hydrogen (secondary N) is 1. The molecule has 0 spiro atoms. The van der Waals surface area contributed by atoms with Crippen LogP contribution in [-0.2, 0) is 9.59 Å². The van der Waals surface area contributed by atoms with Gasteiger partial charge >= 0.3 is 0 Å². The molecule has 1 aromatic carbocycles. The number of halogens is 2. The molecule has 2 rings (SSSR count). The SMILES string of the molecule is C=CC(=O)N1CC(CC(=O)Nc2ccc(Cl)cc2F)C1. The first-order valence-electron chi connectivity index (χ1n) is 6.16. The third kappa shape index (κ3) is 3.36. The second kappa shape index (κ2) is 6.05. The van der Waals surface area contributed by atoms with Crippen LogP contribution in [0, 0.1) is 11.7 Å². The first kappa shape index (κ1) is 14.5. The highest BCUT2D eigenvalue weighted by atomic mass is 35.5. The summed E-state index contributed by atoms with van der Waals surface area (Å²) >= 11 is 5.63. The Morgan fingerprint density at radius 2 is 2.20 bits per heavy atom. The van der Waals surface area contributed by atoms with Crippen LogP contribution in [0.3, 0.4) is 0 Å². The van der Waals surface area contributed by atoms with E-state index in [1.165, 1.54) is 18.2 Å². The molecule has 6 heteroatoms. The summed E-state index contributed by atoms with van der Waals surface area (Å²) in [5, 5.41) is 2.77. The van der Waals surface area contributed by atoms with Crippen molar-refractivity contribution < 1.29 is 14.0 Å². The zero-order valence-corrected chi connectivity index (χ0v) is 11.5. The Labute approximate surface area is 121 Å². The largest absolute Gasteiger partial charge is 0.338 e. The highest BCUT2D eigenvalue weighted by molar-refractivity contribution is 6.30. The third-order valence-electron chi connectivity index (χ3n) is 3.12. The number of likely N-dealkylation sites (tertiary alicyclic amines) is 1. The van der Waals surface area contributed by atoms with Gasteiger partial charge in [-0.1, -0.05) is 18.2 Å². The van der Waals surface area contributed by atoms with Gasteiger partial charge in [-0.05, 0) is 24.3 Å². The van der Waals surface area contributed by atoms with E-state index < -0.39 is 5.82 Å². The molecule has 0 atom stereocenters. The fraction of sp³-hybridized carbons (Fsp3) is 0.286. The fourth-order valence-corrected chi connectivity index (χ4v) is 2.22. The van der Waals surface area contributed by atoms with Gasteiger partial charge in [0.2, 0.25) is 11.8 Å². The fourth-order valence-electron chi connectivity index (χ4n) is 2.06. The average molecular weight is 297 g/mol. The molecule has 106 valence electrons. The monoisotopic (exact) mass is 296 g/mol. The summed E-state index contributed by atoms with van der Waals surface area (Å²) in [4.78, 5) is 24.6. The average Bonchev–Trinajstić information content (AvgIpc) is 2.36. The van der Waals surface area contributed by atoms with E-state index in [2.05, 4.69) is 11.9 Å².